The molecule has 0 spiro atoms. The normalized spacial score (nSPS) is 12.2. The van der Waals surface area contributed by atoms with Gasteiger partial charge in [-0.25, -0.2) is 0 Å². The first-order chi connectivity index (χ1) is 9.85. The molecule has 0 fully saturated rings. The van der Waals surface area contributed by atoms with Crippen LogP contribution < -0.4 is 5.32 Å². The van der Waals surface area contributed by atoms with Gasteiger partial charge in [-0.05, 0) is 45.0 Å². The van der Waals surface area contributed by atoms with E-state index in [2.05, 4.69) is 10.4 Å². The number of carbonyl (C=O) groups excluding carboxylic acids is 1. The topological polar surface area (TPSA) is 46.9 Å². The highest BCUT2D eigenvalue weighted by atomic mass is 35.5. The highest BCUT2D eigenvalue weighted by molar-refractivity contribution is 6.35. The molecule has 0 aliphatic heterocycles. The van der Waals surface area contributed by atoms with Crippen molar-refractivity contribution in [3.63, 3.8) is 0 Å². The molecular weight excluding hydrogens is 309 g/mol. The van der Waals surface area contributed by atoms with E-state index in [0.29, 0.717) is 22.2 Å². The maximum Gasteiger partial charge on any atom is 0.226 e. The van der Waals surface area contributed by atoms with E-state index in [0.717, 1.165) is 11.4 Å². The molecule has 0 unspecified atom stereocenters. The number of aryl methyl sites for hydroxylation is 2. The molecular formula is C15H17Cl2N3O. The molecule has 0 aliphatic rings. The third kappa shape index (κ3) is 4.22. The monoisotopic (exact) mass is 325 g/mol. The molecule has 0 radical (unpaired) electrons. The molecule has 0 saturated heterocycles. The maximum atomic E-state index is 12.1. The molecule has 6 heteroatoms. The number of amides is 1. The summed E-state index contributed by atoms with van der Waals surface area (Å²) < 4.78 is 1.86. The van der Waals surface area contributed by atoms with E-state index in [9.17, 15) is 4.79 Å². The summed E-state index contributed by atoms with van der Waals surface area (Å²) in [5.41, 5.74) is 2.58. The molecule has 4 nitrogen and oxygen atoms in total. The maximum absolute atomic E-state index is 12.1. The Bertz CT molecular complexity index is 647. The number of halogens is 2. The second kappa shape index (κ2) is 6.50. The van der Waals surface area contributed by atoms with Gasteiger partial charge in [0.2, 0.25) is 5.91 Å². The van der Waals surface area contributed by atoms with Crippen molar-refractivity contribution in [1.29, 1.82) is 0 Å². The zero-order valence-electron chi connectivity index (χ0n) is 12.2. The Labute approximate surface area is 134 Å². The van der Waals surface area contributed by atoms with E-state index in [1.165, 1.54) is 0 Å². The highest BCUT2D eigenvalue weighted by Gasteiger charge is 2.14. The van der Waals surface area contributed by atoms with Crippen LogP contribution in [0.1, 0.15) is 30.8 Å². The molecule has 1 aromatic heterocycles. The summed E-state index contributed by atoms with van der Waals surface area (Å²) in [6, 6.07) is 6.93. The number of carbonyl (C=O) groups is 1. The van der Waals surface area contributed by atoms with Crippen LogP contribution in [-0.4, -0.2) is 15.7 Å². The molecule has 1 aromatic carbocycles. The van der Waals surface area contributed by atoms with E-state index in [4.69, 9.17) is 23.2 Å². The first-order valence-corrected chi connectivity index (χ1v) is 7.39. The number of aromatic nitrogens is 2. The number of anilines is 1. The standard InChI is InChI=1S/C15H17Cl2N3O/c1-9-4-10(2)20(19-9)11(3)5-15(21)18-14-7-12(16)6-13(17)8-14/h4,6-8,11H,5H2,1-3H3,(H,18,21)/t11-/m1/s1. The molecule has 2 aromatic rings. The van der Waals surface area contributed by atoms with E-state index >= 15 is 0 Å². The van der Waals surface area contributed by atoms with Crippen LogP contribution in [0.15, 0.2) is 24.3 Å². The fourth-order valence-corrected chi connectivity index (χ4v) is 2.81. The quantitative estimate of drug-likeness (QED) is 0.905. The molecule has 1 N–H and O–H groups in total. The Morgan fingerprint density at radius 1 is 1.24 bits per heavy atom. The molecule has 112 valence electrons. The van der Waals surface area contributed by atoms with Gasteiger partial charge in [-0.15, -0.1) is 0 Å². The minimum absolute atomic E-state index is 0.0200. The van der Waals surface area contributed by atoms with Gasteiger partial charge in [0, 0.05) is 27.8 Å². The first-order valence-electron chi connectivity index (χ1n) is 6.64. The Morgan fingerprint density at radius 2 is 1.86 bits per heavy atom. The molecule has 0 bridgehead atoms. The van der Waals surface area contributed by atoms with Gasteiger partial charge in [0.25, 0.3) is 0 Å². The lowest BCUT2D eigenvalue weighted by Crippen LogP contribution is -2.19. The van der Waals surface area contributed by atoms with Crippen LogP contribution in [0.25, 0.3) is 0 Å². The Kier molecular flexibility index (Phi) is 4.91. The Morgan fingerprint density at radius 3 is 2.38 bits per heavy atom. The summed E-state index contributed by atoms with van der Waals surface area (Å²) in [5.74, 6) is -0.103. The molecule has 1 atom stereocenters. The third-order valence-electron chi connectivity index (χ3n) is 3.09. The van der Waals surface area contributed by atoms with Gasteiger partial charge in [0.1, 0.15) is 0 Å². The predicted molar refractivity (Wildman–Crippen MR) is 86.1 cm³/mol. The fraction of sp³-hybridized carbons (Fsp3) is 0.333. The predicted octanol–water partition coefficient (Wildman–Crippen LogP) is 4.40. The molecule has 2 rings (SSSR count). The van der Waals surface area contributed by atoms with Gasteiger partial charge >= 0.3 is 0 Å². The third-order valence-corrected chi connectivity index (χ3v) is 3.53. The molecule has 0 aliphatic carbocycles. The van der Waals surface area contributed by atoms with Crippen LogP contribution in [0.3, 0.4) is 0 Å². The number of nitrogens with one attached hydrogen (secondary N) is 1. The largest absolute Gasteiger partial charge is 0.326 e. The summed E-state index contributed by atoms with van der Waals surface area (Å²) in [6.45, 7) is 5.87. The van der Waals surface area contributed by atoms with E-state index in [-0.39, 0.29) is 11.9 Å². The van der Waals surface area contributed by atoms with E-state index in [1.54, 1.807) is 18.2 Å². The van der Waals surface area contributed by atoms with Gasteiger partial charge < -0.3 is 5.32 Å². The number of rotatable bonds is 4. The lowest BCUT2D eigenvalue weighted by Gasteiger charge is -2.14. The molecule has 1 amide bonds. The summed E-state index contributed by atoms with van der Waals surface area (Å²) in [4.78, 5) is 12.1. The zero-order chi connectivity index (χ0) is 15.6. The number of benzene rings is 1. The second-order valence-electron chi connectivity index (χ2n) is 5.13. The second-order valence-corrected chi connectivity index (χ2v) is 6.00. The van der Waals surface area contributed by atoms with Crippen LogP contribution >= 0.6 is 23.2 Å². The van der Waals surface area contributed by atoms with Crippen molar-refractivity contribution < 1.29 is 4.79 Å². The molecule has 0 saturated carbocycles. The smallest absolute Gasteiger partial charge is 0.226 e. The van der Waals surface area contributed by atoms with Crippen molar-refractivity contribution in [3.8, 4) is 0 Å². The van der Waals surface area contributed by atoms with Gasteiger partial charge in [-0.3, -0.25) is 9.48 Å². The van der Waals surface area contributed by atoms with Gasteiger partial charge in [0.05, 0.1) is 11.7 Å². The van der Waals surface area contributed by atoms with Crippen molar-refractivity contribution in [2.24, 2.45) is 0 Å². The van der Waals surface area contributed by atoms with Crippen LogP contribution in [0.4, 0.5) is 5.69 Å². The summed E-state index contributed by atoms with van der Waals surface area (Å²) in [6.07, 6.45) is 0.325. The first kappa shape index (κ1) is 15.9. The van der Waals surface area contributed by atoms with Crippen LogP contribution in [-0.2, 0) is 4.79 Å². The lowest BCUT2D eigenvalue weighted by atomic mass is 10.2. The number of hydrogen-bond acceptors (Lipinski definition) is 2. The number of nitrogens with zero attached hydrogens (tertiary/aromatic N) is 2. The Balaban J connectivity index is 2.03. The lowest BCUT2D eigenvalue weighted by molar-refractivity contribution is -0.116. The average molecular weight is 326 g/mol. The van der Waals surface area contributed by atoms with Crippen LogP contribution in [0.5, 0.6) is 0 Å². The molecule has 21 heavy (non-hydrogen) atoms. The highest BCUT2D eigenvalue weighted by Crippen LogP contribution is 2.23. The van der Waals surface area contributed by atoms with Crippen LogP contribution in [0, 0.1) is 13.8 Å². The fourth-order valence-electron chi connectivity index (χ4n) is 2.29. The number of hydrogen-bond donors (Lipinski definition) is 1. The van der Waals surface area contributed by atoms with Gasteiger partial charge in [-0.2, -0.15) is 5.10 Å². The van der Waals surface area contributed by atoms with Crippen LogP contribution in [0.2, 0.25) is 10.0 Å². The molecule has 1 heterocycles. The minimum Gasteiger partial charge on any atom is -0.326 e. The van der Waals surface area contributed by atoms with Gasteiger partial charge in [0.15, 0.2) is 0 Å². The van der Waals surface area contributed by atoms with Crippen molar-refractivity contribution in [2.75, 3.05) is 5.32 Å². The summed E-state index contributed by atoms with van der Waals surface area (Å²) in [7, 11) is 0. The van der Waals surface area contributed by atoms with Gasteiger partial charge in [-0.1, -0.05) is 23.2 Å². The van der Waals surface area contributed by atoms with E-state index < -0.39 is 0 Å². The Hall–Kier alpha value is -1.52. The van der Waals surface area contributed by atoms with Crippen molar-refractivity contribution >= 4 is 34.8 Å². The van der Waals surface area contributed by atoms with E-state index in [1.807, 2.05) is 31.5 Å². The average Bonchev–Trinajstić information content (AvgIpc) is 2.66. The summed E-state index contributed by atoms with van der Waals surface area (Å²) >= 11 is 11.8. The van der Waals surface area contributed by atoms with Crippen molar-refractivity contribution in [3.05, 3.63) is 45.7 Å². The minimum atomic E-state index is -0.103. The van der Waals surface area contributed by atoms with Crippen molar-refractivity contribution in [2.45, 2.75) is 33.2 Å². The van der Waals surface area contributed by atoms with Crippen molar-refractivity contribution in [1.82, 2.24) is 9.78 Å². The zero-order valence-corrected chi connectivity index (χ0v) is 13.7. The SMILES string of the molecule is Cc1cc(C)n([C@H](C)CC(=O)Nc2cc(Cl)cc(Cl)c2)n1. The summed E-state index contributed by atoms with van der Waals surface area (Å²) in [5, 5.41) is 8.17.